The zero-order valence-electron chi connectivity index (χ0n) is 11.2. The van der Waals surface area contributed by atoms with Crippen LogP contribution in [-0.2, 0) is 10.0 Å². The van der Waals surface area contributed by atoms with Crippen LogP contribution in [0.15, 0.2) is 35.5 Å². The molecule has 8 nitrogen and oxygen atoms in total. The van der Waals surface area contributed by atoms with Crippen molar-refractivity contribution in [3.05, 3.63) is 42.0 Å². The van der Waals surface area contributed by atoms with E-state index >= 15 is 0 Å². The molecule has 0 saturated carbocycles. The summed E-state index contributed by atoms with van der Waals surface area (Å²) in [6, 6.07) is 3.23. The molecule has 0 aliphatic heterocycles. The number of hydrogen-bond donors (Lipinski definition) is 4. The summed E-state index contributed by atoms with van der Waals surface area (Å²) in [6.07, 6.45) is 3.12. The summed E-state index contributed by atoms with van der Waals surface area (Å²) in [5.74, 6) is -0.200. The lowest BCUT2D eigenvalue weighted by Gasteiger charge is -2.14. The summed E-state index contributed by atoms with van der Waals surface area (Å²) in [4.78, 5) is 17.7. The number of aromatic nitrogens is 2. The van der Waals surface area contributed by atoms with Crippen molar-refractivity contribution < 1.29 is 13.2 Å². The SMILES string of the molecule is CC(NS(=O)(=O)c1ccc(C(N)=O)cc1N)c1ncc[nH]1. The monoisotopic (exact) mass is 309 g/mol. The Bertz CT molecular complexity index is 755. The highest BCUT2D eigenvalue weighted by atomic mass is 32.2. The van der Waals surface area contributed by atoms with Crippen LogP contribution in [0.25, 0.3) is 0 Å². The molecule has 1 aromatic carbocycles. The third-order valence-electron chi connectivity index (χ3n) is 2.85. The number of nitrogens with zero attached hydrogens (tertiary/aromatic N) is 1. The van der Waals surface area contributed by atoms with Gasteiger partial charge in [0.25, 0.3) is 0 Å². The molecule has 2 aromatic rings. The van der Waals surface area contributed by atoms with Gasteiger partial charge < -0.3 is 16.5 Å². The number of nitrogens with one attached hydrogen (secondary N) is 2. The van der Waals surface area contributed by atoms with Crippen molar-refractivity contribution in [3.63, 3.8) is 0 Å². The maximum absolute atomic E-state index is 12.3. The molecule has 6 N–H and O–H groups in total. The van der Waals surface area contributed by atoms with E-state index in [1.807, 2.05) is 0 Å². The molecule has 0 spiro atoms. The van der Waals surface area contributed by atoms with Crippen LogP contribution in [0.1, 0.15) is 29.1 Å². The lowest BCUT2D eigenvalue weighted by molar-refractivity contribution is 0.1000. The Morgan fingerprint density at radius 2 is 2.14 bits per heavy atom. The van der Waals surface area contributed by atoms with Gasteiger partial charge in [-0.25, -0.2) is 18.1 Å². The third kappa shape index (κ3) is 3.20. The van der Waals surface area contributed by atoms with Crippen LogP contribution in [-0.4, -0.2) is 24.3 Å². The first-order valence-electron chi connectivity index (χ1n) is 6.02. The highest BCUT2D eigenvalue weighted by molar-refractivity contribution is 7.89. The number of benzene rings is 1. The second-order valence-corrected chi connectivity index (χ2v) is 6.12. The summed E-state index contributed by atoms with van der Waals surface area (Å²) >= 11 is 0. The highest BCUT2D eigenvalue weighted by Gasteiger charge is 2.22. The predicted molar refractivity (Wildman–Crippen MR) is 76.7 cm³/mol. The quantitative estimate of drug-likeness (QED) is 0.580. The van der Waals surface area contributed by atoms with E-state index in [9.17, 15) is 13.2 Å². The lowest BCUT2D eigenvalue weighted by atomic mass is 10.2. The number of carbonyl (C=O) groups excluding carboxylic acids is 1. The maximum atomic E-state index is 12.3. The predicted octanol–water partition coefficient (Wildman–Crippen LogP) is 0.130. The van der Waals surface area contributed by atoms with Crippen LogP contribution in [0.3, 0.4) is 0 Å². The van der Waals surface area contributed by atoms with Gasteiger partial charge in [-0.1, -0.05) is 0 Å². The second kappa shape index (κ2) is 5.54. The Kier molecular flexibility index (Phi) is 3.96. The number of amides is 1. The van der Waals surface area contributed by atoms with Crippen LogP contribution < -0.4 is 16.2 Å². The Labute approximate surface area is 121 Å². The topological polar surface area (TPSA) is 144 Å². The van der Waals surface area contributed by atoms with Crippen molar-refractivity contribution >= 4 is 21.6 Å². The van der Waals surface area contributed by atoms with Gasteiger partial charge in [-0.05, 0) is 25.1 Å². The molecule has 21 heavy (non-hydrogen) atoms. The van der Waals surface area contributed by atoms with Crippen molar-refractivity contribution in [2.75, 3.05) is 5.73 Å². The molecular weight excluding hydrogens is 294 g/mol. The smallest absolute Gasteiger partial charge is 0.248 e. The summed E-state index contributed by atoms with van der Waals surface area (Å²) in [7, 11) is -3.85. The maximum Gasteiger partial charge on any atom is 0.248 e. The number of imidazole rings is 1. The van der Waals surface area contributed by atoms with Gasteiger partial charge in [0, 0.05) is 18.0 Å². The molecule has 1 unspecified atom stereocenters. The first kappa shape index (κ1) is 15.0. The van der Waals surface area contributed by atoms with E-state index in [0.717, 1.165) is 0 Å². The zero-order chi connectivity index (χ0) is 15.6. The molecule has 1 aromatic heterocycles. The van der Waals surface area contributed by atoms with Crippen LogP contribution in [0.5, 0.6) is 0 Å². The van der Waals surface area contributed by atoms with Gasteiger partial charge in [0.05, 0.1) is 11.7 Å². The number of sulfonamides is 1. The van der Waals surface area contributed by atoms with Gasteiger partial charge in [-0.3, -0.25) is 4.79 Å². The minimum absolute atomic E-state index is 0.0505. The van der Waals surface area contributed by atoms with Gasteiger partial charge in [0.2, 0.25) is 15.9 Å². The molecule has 0 aliphatic carbocycles. The third-order valence-corrected chi connectivity index (χ3v) is 4.46. The van der Waals surface area contributed by atoms with Gasteiger partial charge in [-0.15, -0.1) is 0 Å². The number of nitrogens with two attached hydrogens (primary N) is 2. The van der Waals surface area contributed by atoms with Gasteiger partial charge in [-0.2, -0.15) is 0 Å². The molecule has 1 amide bonds. The van der Waals surface area contributed by atoms with Gasteiger partial charge in [0.15, 0.2) is 0 Å². The van der Waals surface area contributed by atoms with Crippen molar-refractivity contribution in [1.82, 2.24) is 14.7 Å². The van der Waals surface area contributed by atoms with Crippen LogP contribution in [0.2, 0.25) is 0 Å². The minimum Gasteiger partial charge on any atom is -0.398 e. The van der Waals surface area contributed by atoms with Crippen molar-refractivity contribution in [3.8, 4) is 0 Å². The Morgan fingerprint density at radius 1 is 1.43 bits per heavy atom. The molecule has 0 fully saturated rings. The molecule has 112 valence electrons. The number of primary amides is 1. The number of nitrogen functional groups attached to an aromatic ring is 1. The Morgan fingerprint density at radius 3 is 2.67 bits per heavy atom. The van der Waals surface area contributed by atoms with E-state index in [-0.39, 0.29) is 16.1 Å². The molecule has 2 rings (SSSR count). The van der Waals surface area contributed by atoms with Crippen LogP contribution in [0, 0.1) is 0 Å². The fraction of sp³-hybridized carbons (Fsp3) is 0.167. The average molecular weight is 309 g/mol. The molecular formula is C12H15N5O3S. The van der Waals surface area contributed by atoms with Crippen molar-refractivity contribution in [1.29, 1.82) is 0 Å². The largest absolute Gasteiger partial charge is 0.398 e. The van der Waals surface area contributed by atoms with E-state index in [0.29, 0.717) is 5.82 Å². The molecule has 0 bridgehead atoms. The summed E-state index contributed by atoms with van der Waals surface area (Å²) in [6.45, 7) is 1.64. The molecule has 0 radical (unpaired) electrons. The standard InChI is InChI=1S/C12H15N5O3S/c1-7(12-15-4-5-16-12)17-21(19,20)10-3-2-8(11(14)18)6-9(10)13/h2-7,17H,13H2,1H3,(H2,14,18)(H,15,16). The van der Waals surface area contributed by atoms with Crippen molar-refractivity contribution in [2.45, 2.75) is 17.9 Å². The molecule has 9 heteroatoms. The average Bonchev–Trinajstić information content (AvgIpc) is 2.91. The minimum atomic E-state index is -3.85. The summed E-state index contributed by atoms with van der Waals surface area (Å²) < 4.78 is 27.0. The van der Waals surface area contributed by atoms with Gasteiger partial charge in [0.1, 0.15) is 10.7 Å². The first-order chi connectivity index (χ1) is 9.81. The van der Waals surface area contributed by atoms with E-state index in [4.69, 9.17) is 11.5 Å². The fourth-order valence-corrected chi connectivity index (χ4v) is 3.13. The van der Waals surface area contributed by atoms with E-state index < -0.39 is 22.0 Å². The number of hydrogen-bond acceptors (Lipinski definition) is 5. The Balaban J connectivity index is 2.29. The van der Waals surface area contributed by atoms with Gasteiger partial charge >= 0.3 is 0 Å². The number of carbonyl (C=O) groups is 1. The van der Waals surface area contributed by atoms with Crippen LogP contribution >= 0.6 is 0 Å². The molecule has 1 atom stereocenters. The lowest BCUT2D eigenvalue weighted by Crippen LogP contribution is -2.28. The normalized spacial score (nSPS) is 13.0. The first-order valence-corrected chi connectivity index (χ1v) is 7.50. The zero-order valence-corrected chi connectivity index (χ0v) is 12.0. The van der Waals surface area contributed by atoms with Crippen molar-refractivity contribution in [2.24, 2.45) is 5.73 Å². The van der Waals surface area contributed by atoms with E-state index in [1.54, 1.807) is 13.1 Å². The second-order valence-electron chi connectivity index (χ2n) is 4.43. The molecule has 0 saturated heterocycles. The Hall–Kier alpha value is -2.39. The summed E-state index contributed by atoms with van der Waals surface area (Å²) in [5.41, 5.74) is 10.9. The number of H-pyrrole nitrogens is 1. The number of rotatable bonds is 5. The number of anilines is 1. The summed E-state index contributed by atoms with van der Waals surface area (Å²) in [5, 5.41) is 0. The molecule has 0 aliphatic rings. The van der Waals surface area contributed by atoms with Crippen LogP contribution in [0.4, 0.5) is 5.69 Å². The molecule has 1 heterocycles. The van der Waals surface area contributed by atoms with E-state index in [1.165, 1.54) is 24.4 Å². The number of aromatic amines is 1. The highest BCUT2D eigenvalue weighted by Crippen LogP contribution is 2.21. The fourth-order valence-electron chi connectivity index (χ4n) is 1.81. The van der Waals surface area contributed by atoms with E-state index in [2.05, 4.69) is 14.7 Å².